The highest BCUT2D eigenvalue weighted by molar-refractivity contribution is 7.98. The minimum absolute atomic E-state index is 0.0343. The van der Waals surface area contributed by atoms with E-state index in [0.29, 0.717) is 16.2 Å². The Morgan fingerprint density at radius 3 is 2.60 bits per heavy atom. The van der Waals surface area contributed by atoms with Crippen LogP contribution in [0.25, 0.3) is 0 Å². The van der Waals surface area contributed by atoms with Crippen LogP contribution >= 0.6 is 11.8 Å². The van der Waals surface area contributed by atoms with E-state index >= 15 is 0 Å². The summed E-state index contributed by atoms with van der Waals surface area (Å²) in [6.07, 6.45) is -2.16. The van der Waals surface area contributed by atoms with Crippen LogP contribution in [0, 0.1) is 12.3 Å². The van der Waals surface area contributed by atoms with Crippen molar-refractivity contribution in [2.24, 2.45) is 0 Å². The first-order valence-corrected chi connectivity index (χ1v) is 11.8. The normalized spacial score (nSPS) is 20.2. The number of phenols is 1. The third kappa shape index (κ3) is 3.71. The van der Waals surface area contributed by atoms with Crippen LogP contribution in [-0.2, 0) is 5.75 Å². The molecule has 35 heavy (non-hydrogen) atoms. The second kappa shape index (κ2) is 8.27. The SMILES string of the molecule is C[C@@H](N1CC([C@@H]2c3ccccc3SCc3cccc(O)c32)n2c#cc(=O)c(O)c2C1=O)C(F)(F)F. The van der Waals surface area contributed by atoms with E-state index in [1.807, 2.05) is 24.3 Å². The molecule has 0 saturated heterocycles. The number of fused-ring (bicyclic) bond motifs is 3. The Morgan fingerprint density at radius 1 is 1.11 bits per heavy atom. The van der Waals surface area contributed by atoms with Gasteiger partial charge in [-0.3, -0.25) is 14.2 Å². The number of amides is 1. The van der Waals surface area contributed by atoms with E-state index in [0.717, 1.165) is 22.9 Å². The van der Waals surface area contributed by atoms with E-state index in [2.05, 4.69) is 12.3 Å². The molecule has 0 saturated carbocycles. The summed E-state index contributed by atoms with van der Waals surface area (Å²) < 4.78 is 42.5. The first-order valence-electron chi connectivity index (χ1n) is 10.8. The Kier molecular flexibility index (Phi) is 5.48. The topological polar surface area (TPSA) is 82.8 Å². The van der Waals surface area contributed by atoms with E-state index in [-0.39, 0.29) is 5.75 Å². The van der Waals surface area contributed by atoms with Crippen LogP contribution < -0.4 is 5.43 Å². The molecule has 1 unspecified atom stereocenters. The zero-order valence-corrected chi connectivity index (χ0v) is 19.2. The monoisotopic (exact) mass is 500 g/mol. The maximum Gasteiger partial charge on any atom is 0.408 e. The largest absolute Gasteiger partial charge is 0.508 e. The average Bonchev–Trinajstić information content (AvgIpc) is 2.98. The van der Waals surface area contributed by atoms with Crippen molar-refractivity contribution < 1.29 is 28.2 Å². The summed E-state index contributed by atoms with van der Waals surface area (Å²) in [5.41, 5.74) is 0.437. The predicted molar refractivity (Wildman–Crippen MR) is 122 cm³/mol. The zero-order chi connectivity index (χ0) is 25.1. The predicted octanol–water partition coefficient (Wildman–Crippen LogP) is 4.25. The molecule has 3 heterocycles. The highest BCUT2D eigenvalue weighted by Gasteiger charge is 2.48. The molecule has 180 valence electrons. The lowest BCUT2D eigenvalue weighted by molar-refractivity contribution is -0.174. The maximum atomic E-state index is 13.8. The smallest absolute Gasteiger partial charge is 0.408 e. The molecule has 0 aliphatic carbocycles. The molecule has 10 heteroatoms. The van der Waals surface area contributed by atoms with Crippen LogP contribution in [0.15, 0.2) is 52.2 Å². The number of carbonyl (C=O) groups is 1. The van der Waals surface area contributed by atoms with E-state index in [1.54, 1.807) is 12.1 Å². The second-order valence-electron chi connectivity index (χ2n) is 8.53. The van der Waals surface area contributed by atoms with Gasteiger partial charge in [0.05, 0.1) is 6.04 Å². The summed E-state index contributed by atoms with van der Waals surface area (Å²) in [5.74, 6) is -2.33. The number of aromatic nitrogens is 1. The van der Waals surface area contributed by atoms with Crippen molar-refractivity contribution in [1.82, 2.24) is 9.47 Å². The van der Waals surface area contributed by atoms with Gasteiger partial charge in [0.15, 0.2) is 5.69 Å². The van der Waals surface area contributed by atoms with Crippen molar-refractivity contribution in [3.8, 4) is 11.5 Å². The van der Waals surface area contributed by atoms with E-state index in [1.165, 1.54) is 22.4 Å². The fourth-order valence-corrected chi connectivity index (χ4v) is 5.93. The van der Waals surface area contributed by atoms with Crippen molar-refractivity contribution in [3.05, 3.63) is 87.3 Å². The minimum atomic E-state index is -4.74. The lowest BCUT2D eigenvalue weighted by atomic mass is 9.81. The van der Waals surface area contributed by atoms with Gasteiger partial charge < -0.3 is 15.1 Å². The molecule has 2 aliphatic rings. The molecule has 0 fully saturated rings. The molecule has 2 N–H and O–H groups in total. The lowest BCUT2D eigenvalue weighted by Gasteiger charge is -2.42. The molecule has 2 aromatic carbocycles. The molecule has 5 rings (SSSR count). The molecular formula is C25H19F3N2O4S. The molecule has 1 amide bonds. The Labute approximate surface area is 202 Å². The molecule has 2 aliphatic heterocycles. The minimum Gasteiger partial charge on any atom is -0.508 e. The van der Waals surface area contributed by atoms with Crippen LogP contribution in [0.5, 0.6) is 11.5 Å². The second-order valence-corrected chi connectivity index (χ2v) is 9.55. The summed E-state index contributed by atoms with van der Waals surface area (Å²) >= 11 is 1.53. The van der Waals surface area contributed by atoms with Crippen molar-refractivity contribution in [2.75, 3.05) is 6.54 Å². The number of benzene rings is 2. The summed E-state index contributed by atoms with van der Waals surface area (Å²) in [6.45, 7) is 0.470. The number of hydrogen-bond donors (Lipinski definition) is 2. The van der Waals surface area contributed by atoms with Gasteiger partial charge in [0.1, 0.15) is 11.8 Å². The van der Waals surface area contributed by atoms with Crippen LogP contribution in [0.1, 0.15) is 46.1 Å². The Balaban J connectivity index is 1.80. The van der Waals surface area contributed by atoms with E-state index in [9.17, 15) is 33.0 Å². The Bertz CT molecular complexity index is 1390. The zero-order valence-electron chi connectivity index (χ0n) is 18.3. The number of rotatable bonds is 2. The summed E-state index contributed by atoms with van der Waals surface area (Å²) in [5, 5.41) is 21.4. The number of phenolic OH excluding ortho intramolecular Hbond substituents is 1. The van der Waals surface area contributed by atoms with E-state index < -0.39 is 53.5 Å². The van der Waals surface area contributed by atoms with Gasteiger partial charge in [-0.2, -0.15) is 13.2 Å². The van der Waals surface area contributed by atoms with Gasteiger partial charge in [-0.25, -0.2) is 0 Å². The summed E-state index contributed by atoms with van der Waals surface area (Å²) in [7, 11) is 0. The van der Waals surface area contributed by atoms with Gasteiger partial charge in [-0.05, 0) is 30.2 Å². The van der Waals surface area contributed by atoms with Gasteiger partial charge in [0.25, 0.3) is 11.3 Å². The van der Waals surface area contributed by atoms with Crippen LogP contribution in [0.3, 0.4) is 0 Å². The fraction of sp³-hybridized carbons (Fsp3) is 0.280. The van der Waals surface area contributed by atoms with Gasteiger partial charge >= 0.3 is 6.18 Å². The third-order valence-electron chi connectivity index (χ3n) is 6.60. The summed E-state index contributed by atoms with van der Waals surface area (Å²) in [4.78, 5) is 26.8. The highest BCUT2D eigenvalue weighted by atomic mass is 32.2. The van der Waals surface area contributed by atoms with Crippen LogP contribution in [-0.4, -0.2) is 44.4 Å². The maximum absolute atomic E-state index is 13.8. The molecule has 3 atom stereocenters. The quantitative estimate of drug-likeness (QED) is 0.550. The third-order valence-corrected chi connectivity index (χ3v) is 7.73. The molecule has 1 aromatic heterocycles. The molecule has 0 bridgehead atoms. The Hall–Kier alpha value is -3.58. The number of thioether (sulfide) groups is 1. The Morgan fingerprint density at radius 2 is 1.86 bits per heavy atom. The molecule has 3 aromatic rings. The number of nitrogens with zero attached hydrogens (tertiary/aromatic N) is 2. The van der Waals surface area contributed by atoms with Gasteiger partial charge in [-0.1, -0.05) is 30.3 Å². The lowest BCUT2D eigenvalue weighted by Crippen LogP contribution is -2.54. The number of hydrogen-bond acceptors (Lipinski definition) is 5. The van der Waals surface area contributed by atoms with Gasteiger partial charge in [-0.15, -0.1) is 11.8 Å². The van der Waals surface area contributed by atoms with Gasteiger partial charge in [0, 0.05) is 40.9 Å². The molecular weight excluding hydrogens is 481 g/mol. The first kappa shape index (κ1) is 23.2. The van der Waals surface area contributed by atoms with Crippen molar-refractivity contribution >= 4 is 17.7 Å². The van der Waals surface area contributed by atoms with Crippen LogP contribution in [0.2, 0.25) is 0 Å². The number of alkyl halides is 3. The van der Waals surface area contributed by atoms with Crippen molar-refractivity contribution in [2.45, 2.75) is 41.7 Å². The molecule has 0 spiro atoms. The van der Waals surface area contributed by atoms with Gasteiger partial charge in [0.2, 0.25) is 5.75 Å². The van der Waals surface area contributed by atoms with E-state index in [4.69, 9.17) is 0 Å². The van der Waals surface area contributed by atoms with Crippen molar-refractivity contribution in [1.29, 1.82) is 0 Å². The first-order chi connectivity index (χ1) is 16.6. The number of aromatic hydroxyl groups is 2. The number of halogens is 3. The molecule has 0 radical (unpaired) electrons. The number of carbonyl (C=O) groups excluding carboxylic acids is 1. The highest BCUT2D eigenvalue weighted by Crippen LogP contribution is 2.50. The average molecular weight is 500 g/mol. The van der Waals surface area contributed by atoms with Crippen molar-refractivity contribution in [3.63, 3.8) is 0 Å². The fourth-order valence-electron chi connectivity index (χ4n) is 4.83. The standard InChI is InChI=1S/C25H19F3N2O4S/c1-13(25(26,27)28)30-11-16(29-10-9-18(32)23(33)22(29)24(30)34)21-15-6-2-3-8-19(15)35-12-14-5-4-7-17(31)20(14)21/h2-8,13,16,21,31,33H,11-12H2,1H3/t13-,16?,21+/m1/s1. The molecule has 6 nitrogen and oxygen atoms in total. The van der Waals surface area contributed by atoms with Crippen LogP contribution in [0.4, 0.5) is 13.2 Å². The summed E-state index contributed by atoms with van der Waals surface area (Å²) in [6, 6.07) is 11.5.